The maximum absolute atomic E-state index is 10.5. The summed E-state index contributed by atoms with van der Waals surface area (Å²) in [7, 11) is 1.64. The summed E-state index contributed by atoms with van der Waals surface area (Å²) in [6, 6.07) is 7.93. The molecule has 2 heterocycles. The molecule has 5 heteroatoms. The zero-order chi connectivity index (χ0) is 15.0. The van der Waals surface area contributed by atoms with Gasteiger partial charge in [0, 0.05) is 28.8 Å². The SMILES string of the molecule is COc1cc2c(cc1C(O)Cc1ccc(Br)s1)OC(C)C2. The Hall–Kier alpha value is -1.04. The second-order valence-electron chi connectivity index (χ2n) is 5.26. The number of fused-ring (bicyclic) bond motifs is 1. The molecule has 1 aliphatic rings. The van der Waals surface area contributed by atoms with Crippen LogP contribution in [-0.2, 0) is 12.8 Å². The number of ether oxygens (including phenoxy) is 2. The molecular formula is C16H17BrO3S. The third kappa shape index (κ3) is 3.10. The van der Waals surface area contributed by atoms with E-state index < -0.39 is 6.10 Å². The molecule has 1 aliphatic heterocycles. The van der Waals surface area contributed by atoms with Crippen molar-refractivity contribution in [3.63, 3.8) is 0 Å². The molecule has 0 saturated carbocycles. The number of methoxy groups -OCH3 is 1. The van der Waals surface area contributed by atoms with Crippen LogP contribution in [0, 0.1) is 0 Å². The fourth-order valence-corrected chi connectivity index (χ4v) is 4.17. The van der Waals surface area contributed by atoms with Crippen LogP contribution in [0.1, 0.15) is 29.0 Å². The zero-order valence-corrected chi connectivity index (χ0v) is 14.3. The van der Waals surface area contributed by atoms with E-state index in [2.05, 4.69) is 15.9 Å². The quantitative estimate of drug-likeness (QED) is 0.881. The summed E-state index contributed by atoms with van der Waals surface area (Å²) in [5, 5.41) is 10.5. The number of aliphatic hydroxyl groups excluding tert-OH is 1. The van der Waals surface area contributed by atoms with E-state index in [9.17, 15) is 5.11 Å². The summed E-state index contributed by atoms with van der Waals surface area (Å²) in [5.41, 5.74) is 1.93. The Kier molecular flexibility index (Phi) is 4.24. The van der Waals surface area contributed by atoms with Crippen molar-refractivity contribution in [1.82, 2.24) is 0 Å². The number of rotatable bonds is 4. The molecule has 1 N–H and O–H groups in total. The van der Waals surface area contributed by atoms with Crippen molar-refractivity contribution in [1.29, 1.82) is 0 Å². The minimum Gasteiger partial charge on any atom is -0.496 e. The Morgan fingerprint density at radius 1 is 1.48 bits per heavy atom. The number of thiophene rings is 1. The van der Waals surface area contributed by atoms with Gasteiger partial charge in [-0.3, -0.25) is 0 Å². The second kappa shape index (κ2) is 5.99. The average molecular weight is 369 g/mol. The van der Waals surface area contributed by atoms with Crippen molar-refractivity contribution in [2.75, 3.05) is 7.11 Å². The van der Waals surface area contributed by atoms with E-state index in [-0.39, 0.29) is 6.10 Å². The molecule has 2 unspecified atom stereocenters. The highest BCUT2D eigenvalue weighted by molar-refractivity contribution is 9.11. The summed E-state index contributed by atoms with van der Waals surface area (Å²) in [6.45, 7) is 2.05. The van der Waals surface area contributed by atoms with Crippen molar-refractivity contribution in [3.8, 4) is 11.5 Å². The molecule has 3 rings (SSSR count). The largest absolute Gasteiger partial charge is 0.496 e. The van der Waals surface area contributed by atoms with Crippen LogP contribution in [0.15, 0.2) is 28.1 Å². The molecule has 0 saturated heterocycles. The van der Waals surface area contributed by atoms with E-state index in [1.165, 1.54) is 0 Å². The monoisotopic (exact) mass is 368 g/mol. The van der Waals surface area contributed by atoms with Crippen LogP contribution in [0.4, 0.5) is 0 Å². The number of hydrogen-bond donors (Lipinski definition) is 1. The first-order valence-electron chi connectivity index (χ1n) is 6.86. The topological polar surface area (TPSA) is 38.7 Å². The van der Waals surface area contributed by atoms with Gasteiger partial charge in [0.2, 0.25) is 0 Å². The van der Waals surface area contributed by atoms with Gasteiger partial charge >= 0.3 is 0 Å². The molecule has 1 aromatic carbocycles. The van der Waals surface area contributed by atoms with Gasteiger partial charge in [-0.1, -0.05) is 0 Å². The lowest BCUT2D eigenvalue weighted by Crippen LogP contribution is -2.05. The van der Waals surface area contributed by atoms with Gasteiger partial charge in [-0.25, -0.2) is 0 Å². The van der Waals surface area contributed by atoms with Gasteiger partial charge in [-0.15, -0.1) is 11.3 Å². The van der Waals surface area contributed by atoms with Gasteiger partial charge in [0.25, 0.3) is 0 Å². The minimum atomic E-state index is -0.602. The minimum absolute atomic E-state index is 0.186. The molecule has 3 nitrogen and oxygen atoms in total. The van der Waals surface area contributed by atoms with Crippen LogP contribution >= 0.6 is 27.3 Å². The lowest BCUT2D eigenvalue weighted by molar-refractivity contribution is 0.174. The lowest BCUT2D eigenvalue weighted by atomic mass is 10.0. The molecule has 0 aliphatic carbocycles. The molecule has 2 atom stereocenters. The highest BCUT2D eigenvalue weighted by atomic mass is 79.9. The van der Waals surface area contributed by atoms with Crippen LogP contribution in [0.2, 0.25) is 0 Å². The third-order valence-corrected chi connectivity index (χ3v) is 5.28. The summed E-state index contributed by atoms with van der Waals surface area (Å²) in [4.78, 5) is 1.13. The Balaban J connectivity index is 1.88. The second-order valence-corrected chi connectivity index (χ2v) is 7.81. The molecule has 21 heavy (non-hydrogen) atoms. The van der Waals surface area contributed by atoms with Crippen LogP contribution in [0.3, 0.4) is 0 Å². The van der Waals surface area contributed by atoms with E-state index in [0.29, 0.717) is 6.42 Å². The van der Waals surface area contributed by atoms with Gasteiger partial charge in [-0.2, -0.15) is 0 Å². The summed E-state index contributed by atoms with van der Waals surface area (Å²) >= 11 is 5.08. The van der Waals surface area contributed by atoms with Gasteiger partial charge in [0.15, 0.2) is 0 Å². The highest BCUT2D eigenvalue weighted by Crippen LogP contribution is 2.39. The molecule has 0 radical (unpaired) electrons. The van der Waals surface area contributed by atoms with E-state index in [1.54, 1.807) is 18.4 Å². The fourth-order valence-electron chi connectivity index (χ4n) is 2.65. The predicted molar refractivity (Wildman–Crippen MR) is 87.5 cm³/mol. The highest BCUT2D eigenvalue weighted by Gasteiger charge is 2.24. The van der Waals surface area contributed by atoms with Gasteiger partial charge in [-0.05, 0) is 47.1 Å². The molecule has 0 spiro atoms. The maximum Gasteiger partial charge on any atom is 0.125 e. The molecular weight excluding hydrogens is 352 g/mol. The van der Waals surface area contributed by atoms with Crippen LogP contribution < -0.4 is 9.47 Å². The Morgan fingerprint density at radius 2 is 2.29 bits per heavy atom. The lowest BCUT2D eigenvalue weighted by Gasteiger charge is -2.16. The normalized spacial score (nSPS) is 18.2. The number of benzene rings is 1. The zero-order valence-electron chi connectivity index (χ0n) is 11.9. The van der Waals surface area contributed by atoms with Crippen LogP contribution in [-0.4, -0.2) is 18.3 Å². The van der Waals surface area contributed by atoms with Gasteiger partial charge in [0.1, 0.15) is 17.6 Å². The van der Waals surface area contributed by atoms with E-state index in [0.717, 1.165) is 37.7 Å². The average Bonchev–Trinajstić information content (AvgIpc) is 3.01. The summed E-state index contributed by atoms with van der Waals surface area (Å²) in [5.74, 6) is 1.60. The molecule has 0 fully saturated rings. The molecule has 0 bridgehead atoms. The van der Waals surface area contributed by atoms with Gasteiger partial charge in [0.05, 0.1) is 17.0 Å². The Labute approximate surface area is 136 Å². The van der Waals surface area contributed by atoms with Crippen molar-refractivity contribution < 1.29 is 14.6 Å². The van der Waals surface area contributed by atoms with Crippen molar-refractivity contribution in [2.45, 2.75) is 32.0 Å². The fraction of sp³-hybridized carbons (Fsp3) is 0.375. The molecule has 1 aromatic heterocycles. The third-order valence-electron chi connectivity index (χ3n) is 3.63. The van der Waals surface area contributed by atoms with Crippen molar-refractivity contribution in [3.05, 3.63) is 44.1 Å². The van der Waals surface area contributed by atoms with Crippen LogP contribution in [0.5, 0.6) is 11.5 Å². The predicted octanol–water partition coefficient (Wildman–Crippen LogP) is 4.12. The Morgan fingerprint density at radius 3 is 2.95 bits per heavy atom. The van der Waals surface area contributed by atoms with Crippen molar-refractivity contribution >= 4 is 27.3 Å². The number of aliphatic hydroxyl groups is 1. The summed E-state index contributed by atoms with van der Waals surface area (Å²) < 4.78 is 12.3. The van der Waals surface area contributed by atoms with E-state index in [4.69, 9.17) is 9.47 Å². The first kappa shape index (κ1) is 14.9. The maximum atomic E-state index is 10.5. The molecule has 2 aromatic rings. The first-order valence-corrected chi connectivity index (χ1v) is 8.47. The van der Waals surface area contributed by atoms with E-state index in [1.807, 2.05) is 31.2 Å². The molecule has 0 amide bonds. The van der Waals surface area contributed by atoms with Crippen LogP contribution in [0.25, 0.3) is 0 Å². The van der Waals surface area contributed by atoms with Gasteiger partial charge < -0.3 is 14.6 Å². The number of hydrogen-bond acceptors (Lipinski definition) is 4. The smallest absolute Gasteiger partial charge is 0.125 e. The first-order chi connectivity index (χ1) is 10.1. The van der Waals surface area contributed by atoms with Crippen molar-refractivity contribution in [2.24, 2.45) is 0 Å². The number of halogens is 1. The molecule has 112 valence electrons. The van der Waals surface area contributed by atoms with E-state index >= 15 is 0 Å². The summed E-state index contributed by atoms with van der Waals surface area (Å²) in [6.07, 6.45) is 1.04. The Bertz CT molecular complexity index is 653. The standard InChI is InChI=1S/C16H17BrO3S/c1-9-5-10-6-15(19-2)12(8-14(10)20-9)13(18)7-11-3-4-16(17)21-11/h3-4,6,8-9,13,18H,5,7H2,1-2H3.